The zero-order valence-electron chi connectivity index (χ0n) is 17.2. The van der Waals surface area contributed by atoms with E-state index in [-0.39, 0.29) is 23.1 Å². The van der Waals surface area contributed by atoms with Crippen LogP contribution in [0.25, 0.3) is 6.08 Å². The molecule has 0 saturated heterocycles. The van der Waals surface area contributed by atoms with Crippen molar-refractivity contribution in [2.45, 2.75) is 20.0 Å². The first-order valence-electron chi connectivity index (χ1n) is 9.41. The Kier molecular flexibility index (Phi) is 7.07. The van der Waals surface area contributed by atoms with Crippen LogP contribution in [0.1, 0.15) is 24.5 Å². The average Bonchev–Trinajstić information content (AvgIpc) is 3.12. The molecule has 0 fully saturated rings. The lowest BCUT2D eigenvalue weighted by Gasteiger charge is -2.10. The van der Waals surface area contributed by atoms with E-state index in [0.717, 1.165) is 6.42 Å². The molecule has 3 rings (SSSR count). The third-order valence-corrected chi connectivity index (χ3v) is 4.20. The summed E-state index contributed by atoms with van der Waals surface area (Å²) < 4.78 is 50.7. The molecule has 0 saturated carbocycles. The number of cyclic esters (lactones) is 1. The second kappa shape index (κ2) is 9.92. The Morgan fingerprint density at radius 2 is 1.77 bits per heavy atom. The van der Waals surface area contributed by atoms with E-state index in [1.807, 2.05) is 6.92 Å². The molecule has 7 nitrogen and oxygen atoms in total. The Balaban J connectivity index is 1.89. The number of hydrogen-bond donors (Lipinski definition) is 0. The molecule has 164 valence electrons. The molecule has 0 atom stereocenters. The number of aliphatic imine (C=N–C) groups is 1. The summed E-state index contributed by atoms with van der Waals surface area (Å²) in [4.78, 5) is 16.5. The van der Waals surface area contributed by atoms with Crippen LogP contribution in [0, 0.1) is 0 Å². The van der Waals surface area contributed by atoms with Gasteiger partial charge < -0.3 is 23.7 Å². The molecule has 0 aliphatic carbocycles. The Bertz CT molecular complexity index is 1020. The number of hydrogen-bond acceptors (Lipinski definition) is 7. The minimum absolute atomic E-state index is 0.0223. The van der Waals surface area contributed by atoms with Crippen molar-refractivity contribution in [1.82, 2.24) is 0 Å². The Labute approximate surface area is 177 Å². The molecule has 0 aromatic heterocycles. The topological polar surface area (TPSA) is 75.6 Å². The highest BCUT2D eigenvalue weighted by Gasteiger charge is 2.25. The third-order valence-electron chi connectivity index (χ3n) is 4.20. The van der Waals surface area contributed by atoms with Crippen molar-refractivity contribution in [2.24, 2.45) is 4.99 Å². The first-order chi connectivity index (χ1) is 14.9. The van der Waals surface area contributed by atoms with Gasteiger partial charge >= 0.3 is 12.6 Å². The van der Waals surface area contributed by atoms with E-state index < -0.39 is 12.6 Å². The molecule has 0 unspecified atom stereocenters. The quantitative estimate of drug-likeness (QED) is 0.430. The zero-order chi connectivity index (χ0) is 22.4. The maximum absolute atomic E-state index is 12.5. The van der Waals surface area contributed by atoms with E-state index in [1.165, 1.54) is 25.3 Å². The predicted octanol–water partition coefficient (Wildman–Crippen LogP) is 4.44. The summed E-state index contributed by atoms with van der Waals surface area (Å²) in [7, 11) is 2.86. The van der Waals surface area contributed by atoms with Crippen LogP contribution in [0.15, 0.2) is 47.1 Å². The molecule has 0 N–H and O–H groups in total. The van der Waals surface area contributed by atoms with Gasteiger partial charge in [-0.15, -0.1) is 0 Å². The molecule has 0 radical (unpaired) electrons. The van der Waals surface area contributed by atoms with Crippen molar-refractivity contribution < 1.29 is 37.3 Å². The Hall–Kier alpha value is -3.62. The molecule has 2 aromatic carbocycles. The lowest BCUT2D eigenvalue weighted by molar-refractivity contribution is -0.129. The SMILES string of the molecule is CCCOc1cc(/C=C2\N=C(c3ccc(OC(F)F)c(OC)c3)OC2=O)ccc1OC. The van der Waals surface area contributed by atoms with E-state index in [2.05, 4.69) is 9.73 Å². The molecule has 2 aromatic rings. The second-order valence-electron chi connectivity index (χ2n) is 6.34. The van der Waals surface area contributed by atoms with Gasteiger partial charge in [0.1, 0.15) is 0 Å². The number of carbonyl (C=O) groups is 1. The fourth-order valence-corrected chi connectivity index (χ4v) is 2.79. The Morgan fingerprint density at radius 3 is 2.45 bits per heavy atom. The van der Waals surface area contributed by atoms with Gasteiger partial charge in [-0.3, -0.25) is 0 Å². The highest BCUT2D eigenvalue weighted by atomic mass is 19.3. The van der Waals surface area contributed by atoms with Crippen LogP contribution in [0.5, 0.6) is 23.0 Å². The van der Waals surface area contributed by atoms with Gasteiger partial charge in [-0.05, 0) is 48.4 Å². The van der Waals surface area contributed by atoms with Crippen molar-refractivity contribution in [1.29, 1.82) is 0 Å². The molecule has 1 heterocycles. The number of halogens is 2. The van der Waals surface area contributed by atoms with Crippen molar-refractivity contribution >= 4 is 17.9 Å². The highest BCUT2D eigenvalue weighted by molar-refractivity contribution is 6.13. The highest BCUT2D eigenvalue weighted by Crippen LogP contribution is 2.32. The third kappa shape index (κ3) is 5.30. The maximum Gasteiger partial charge on any atom is 0.387 e. The van der Waals surface area contributed by atoms with E-state index in [4.69, 9.17) is 18.9 Å². The summed E-state index contributed by atoms with van der Waals surface area (Å²) in [5.74, 6) is 0.421. The summed E-state index contributed by atoms with van der Waals surface area (Å²) in [5.41, 5.74) is 1.12. The van der Waals surface area contributed by atoms with Gasteiger partial charge in [-0.1, -0.05) is 13.0 Å². The van der Waals surface area contributed by atoms with E-state index in [1.54, 1.807) is 31.4 Å². The maximum atomic E-state index is 12.5. The van der Waals surface area contributed by atoms with Gasteiger partial charge in [0.25, 0.3) is 0 Å². The predicted molar refractivity (Wildman–Crippen MR) is 109 cm³/mol. The summed E-state index contributed by atoms with van der Waals surface area (Å²) in [5, 5.41) is 0. The van der Waals surface area contributed by atoms with Crippen LogP contribution >= 0.6 is 0 Å². The van der Waals surface area contributed by atoms with Gasteiger partial charge in [-0.25, -0.2) is 9.79 Å². The summed E-state index contributed by atoms with van der Waals surface area (Å²) >= 11 is 0. The summed E-state index contributed by atoms with van der Waals surface area (Å²) in [6, 6.07) is 9.36. The van der Waals surface area contributed by atoms with Crippen LogP contribution in [0.3, 0.4) is 0 Å². The zero-order valence-corrected chi connectivity index (χ0v) is 17.2. The molecule has 0 bridgehead atoms. The molecule has 1 aliphatic heterocycles. The normalized spacial score (nSPS) is 14.5. The number of esters is 1. The van der Waals surface area contributed by atoms with Crippen molar-refractivity contribution in [2.75, 3.05) is 20.8 Å². The molecule has 0 amide bonds. The first kappa shape index (κ1) is 22.1. The minimum atomic E-state index is -2.99. The number of nitrogens with zero attached hydrogens (tertiary/aromatic N) is 1. The lowest BCUT2D eigenvalue weighted by atomic mass is 10.1. The second-order valence-corrected chi connectivity index (χ2v) is 6.34. The molecule has 1 aliphatic rings. The molecular formula is C22H21F2NO6. The molecular weight excluding hydrogens is 412 g/mol. The minimum Gasteiger partial charge on any atom is -0.493 e. The first-order valence-corrected chi connectivity index (χ1v) is 9.41. The van der Waals surface area contributed by atoms with Crippen LogP contribution in [0.2, 0.25) is 0 Å². The number of rotatable bonds is 9. The van der Waals surface area contributed by atoms with Crippen LogP contribution < -0.4 is 18.9 Å². The molecule has 31 heavy (non-hydrogen) atoms. The van der Waals surface area contributed by atoms with Crippen molar-refractivity contribution in [3.63, 3.8) is 0 Å². The van der Waals surface area contributed by atoms with Gasteiger partial charge in [0.2, 0.25) is 5.90 Å². The van der Waals surface area contributed by atoms with E-state index >= 15 is 0 Å². The smallest absolute Gasteiger partial charge is 0.387 e. The van der Waals surface area contributed by atoms with Crippen LogP contribution in [-0.2, 0) is 9.53 Å². The van der Waals surface area contributed by atoms with Crippen LogP contribution in [-0.4, -0.2) is 39.3 Å². The lowest BCUT2D eigenvalue weighted by Crippen LogP contribution is -2.07. The monoisotopic (exact) mass is 433 g/mol. The van der Waals surface area contributed by atoms with Gasteiger partial charge in [0.15, 0.2) is 28.7 Å². The van der Waals surface area contributed by atoms with Crippen molar-refractivity contribution in [3.05, 3.63) is 53.2 Å². The largest absolute Gasteiger partial charge is 0.493 e. The number of benzene rings is 2. The van der Waals surface area contributed by atoms with Gasteiger partial charge in [0.05, 0.1) is 20.8 Å². The number of ether oxygens (including phenoxy) is 5. The number of alkyl halides is 2. The fourth-order valence-electron chi connectivity index (χ4n) is 2.79. The fraction of sp³-hybridized carbons (Fsp3) is 0.273. The van der Waals surface area contributed by atoms with E-state index in [0.29, 0.717) is 29.2 Å². The molecule has 9 heteroatoms. The Morgan fingerprint density at radius 1 is 1.03 bits per heavy atom. The molecule has 0 spiro atoms. The standard InChI is InChI=1S/C22H21F2NO6/c1-4-9-29-19-11-13(5-7-16(19)27-2)10-15-21(26)31-20(25-15)14-6-8-17(30-22(23)24)18(12-14)28-3/h5-8,10-12,22H,4,9H2,1-3H3/b15-10-. The van der Waals surface area contributed by atoms with Crippen LogP contribution in [0.4, 0.5) is 8.78 Å². The number of carbonyl (C=O) groups excluding carboxylic acids is 1. The van der Waals surface area contributed by atoms with Gasteiger partial charge in [-0.2, -0.15) is 8.78 Å². The average molecular weight is 433 g/mol. The van der Waals surface area contributed by atoms with E-state index in [9.17, 15) is 13.6 Å². The number of methoxy groups -OCH3 is 2. The summed E-state index contributed by atoms with van der Waals surface area (Å²) in [6.45, 7) is -0.482. The van der Waals surface area contributed by atoms with Gasteiger partial charge in [0, 0.05) is 5.56 Å². The van der Waals surface area contributed by atoms with Crippen molar-refractivity contribution in [3.8, 4) is 23.0 Å². The summed E-state index contributed by atoms with van der Waals surface area (Å²) in [6.07, 6.45) is 2.39.